The molecule has 2 rings (SSSR count). The molecule has 0 spiro atoms. The molecule has 1 N–H and O–H groups in total. The number of ether oxygens (including phenoxy) is 1. The van der Waals surface area contributed by atoms with E-state index in [1.807, 2.05) is 0 Å². The van der Waals surface area contributed by atoms with E-state index in [1.54, 1.807) is 0 Å². The zero-order valence-electron chi connectivity index (χ0n) is 9.95. The van der Waals surface area contributed by atoms with Crippen LogP contribution in [0.15, 0.2) is 0 Å². The number of hydrogen-bond acceptors (Lipinski definition) is 3. The van der Waals surface area contributed by atoms with Crippen LogP contribution in [0.3, 0.4) is 0 Å². The van der Waals surface area contributed by atoms with Gasteiger partial charge in [0.25, 0.3) is 0 Å². The topological polar surface area (TPSA) is 49.8 Å². The number of piperidine rings is 1. The fraction of sp³-hybridized carbons (Fsp3) is 0.917. The number of carbonyl (C=O) groups is 1. The Morgan fingerprint density at radius 3 is 2.69 bits per heavy atom. The smallest absolute Gasteiger partial charge is 0.324 e. The van der Waals surface area contributed by atoms with E-state index in [1.165, 1.54) is 6.42 Å². The van der Waals surface area contributed by atoms with Gasteiger partial charge in [-0.15, -0.1) is 0 Å². The lowest BCUT2D eigenvalue weighted by atomic mass is 9.85. The minimum absolute atomic E-state index is 0.581. The zero-order valence-corrected chi connectivity index (χ0v) is 9.95. The van der Waals surface area contributed by atoms with Crippen molar-refractivity contribution < 1.29 is 14.6 Å². The van der Waals surface area contributed by atoms with E-state index in [0.717, 1.165) is 19.5 Å². The van der Waals surface area contributed by atoms with Gasteiger partial charge in [-0.2, -0.15) is 0 Å². The van der Waals surface area contributed by atoms with Crippen molar-refractivity contribution in [1.29, 1.82) is 0 Å². The van der Waals surface area contributed by atoms with Gasteiger partial charge in [0.1, 0.15) is 5.54 Å². The van der Waals surface area contributed by atoms with E-state index in [0.29, 0.717) is 32.0 Å². The van der Waals surface area contributed by atoms with Crippen molar-refractivity contribution in [2.45, 2.75) is 38.1 Å². The monoisotopic (exact) mass is 227 g/mol. The first kappa shape index (κ1) is 11.9. The third-order valence-electron chi connectivity index (χ3n) is 3.98. The van der Waals surface area contributed by atoms with Gasteiger partial charge in [-0.1, -0.05) is 6.92 Å². The average Bonchev–Trinajstić information content (AvgIpc) is 2.30. The van der Waals surface area contributed by atoms with Crippen molar-refractivity contribution in [3.63, 3.8) is 0 Å². The molecule has 4 heteroatoms. The van der Waals surface area contributed by atoms with Crippen LogP contribution in [0.25, 0.3) is 0 Å². The van der Waals surface area contributed by atoms with Gasteiger partial charge in [-0.25, -0.2) is 0 Å². The first-order valence-corrected chi connectivity index (χ1v) is 6.21. The van der Waals surface area contributed by atoms with E-state index in [4.69, 9.17) is 4.74 Å². The Hall–Kier alpha value is -0.610. The molecule has 0 aromatic heterocycles. The first-order chi connectivity index (χ1) is 7.65. The standard InChI is InChI=1S/C12H21NO3/c1-10-3-2-6-13(9-10)12(11(14)15)4-7-16-8-5-12/h10H,2-9H2,1H3,(H,14,15). The Morgan fingerprint density at radius 2 is 2.12 bits per heavy atom. The summed E-state index contributed by atoms with van der Waals surface area (Å²) in [6.45, 7) is 5.22. The zero-order chi connectivity index (χ0) is 11.6. The van der Waals surface area contributed by atoms with Crippen LogP contribution in [0.1, 0.15) is 32.6 Å². The lowest BCUT2D eigenvalue weighted by molar-refractivity contribution is -0.160. The molecule has 2 heterocycles. The first-order valence-electron chi connectivity index (χ1n) is 6.21. The van der Waals surface area contributed by atoms with E-state index in [9.17, 15) is 9.90 Å². The quantitative estimate of drug-likeness (QED) is 0.773. The molecule has 0 amide bonds. The van der Waals surface area contributed by atoms with Crippen molar-refractivity contribution in [3.8, 4) is 0 Å². The Bertz CT molecular complexity index is 261. The summed E-state index contributed by atoms with van der Waals surface area (Å²) in [5, 5.41) is 9.53. The van der Waals surface area contributed by atoms with Gasteiger partial charge in [0, 0.05) is 19.8 Å². The molecule has 2 fully saturated rings. The maximum atomic E-state index is 11.6. The number of carboxylic acid groups (broad SMARTS) is 1. The average molecular weight is 227 g/mol. The number of nitrogens with zero attached hydrogens (tertiary/aromatic N) is 1. The van der Waals surface area contributed by atoms with Gasteiger partial charge in [0.15, 0.2) is 0 Å². The molecular formula is C12H21NO3. The Kier molecular flexibility index (Phi) is 3.50. The molecule has 0 aromatic rings. The highest BCUT2D eigenvalue weighted by atomic mass is 16.5. The molecule has 0 aromatic carbocycles. The SMILES string of the molecule is CC1CCCN(C2(C(=O)O)CCOCC2)C1. The third-order valence-corrected chi connectivity index (χ3v) is 3.98. The predicted octanol–water partition coefficient (Wildman–Crippen LogP) is 1.35. The Balaban J connectivity index is 2.14. The van der Waals surface area contributed by atoms with Crippen LogP contribution < -0.4 is 0 Å². The van der Waals surface area contributed by atoms with Crippen molar-refractivity contribution in [1.82, 2.24) is 4.90 Å². The van der Waals surface area contributed by atoms with Gasteiger partial charge in [0.05, 0.1) is 0 Å². The highest BCUT2D eigenvalue weighted by molar-refractivity contribution is 5.79. The lowest BCUT2D eigenvalue weighted by Crippen LogP contribution is -2.60. The number of carboxylic acids is 1. The predicted molar refractivity (Wildman–Crippen MR) is 60.4 cm³/mol. The van der Waals surface area contributed by atoms with Crippen LogP contribution in [0.2, 0.25) is 0 Å². The number of likely N-dealkylation sites (tertiary alicyclic amines) is 1. The van der Waals surface area contributed by atoms with Crippen molar-refractivity contribution >= 4 is 5.97 Å². The van der Waals surface area contributed by atoms with Crippen LogP contribution >= 0.6 is 0 Å². The van der Waals surface area contributed by atoms with Gasteiger partial charge < -0.3 is 9.84 Å². The number of hydrogen-bond donors (Lipinski definition) is 1. The molecule has 16 heavy (non-hydrogen) atoms. The van der Waals surface area contributed by atoms with Gasteiger partial charge in [-0.05, 0) is 38.1 Å². The highest BCUT2D eigenvalue weighted by Crippen LogP contribution is 2.32. The maximum Gasteiger partial charge on any atom is 0.324 e. The second-order valence-electron chi connectivity index (χ2n) is 5.14. The second kappa shape index (κ2) is 4.72. The van der Waals surface area contributed by atoms with Gasteiger partial charge in [0.2, 0.25) is 0 Å². The largest absolute Gasteiger partial charge is 0.480 e. The minimum atomic E-state index is -0.662. The molecule has 92 valence electrons. The van der Waals surface area contributed by atoms with Crippen LogP contribution in [-0.4, -0.2) is 47.8 Å². The molecule has 0 bridgehead atoms. The van der Waals surface area contributed by atoms with Crippen LogP contribution in [0.4, 0.5) is 0 Å². The van der Waals surface area contributed by atoms with Gasteiger partial charge in [-0.3, -0.25) is 9.69 Å². The fourth-order valence-electron chi connectivity index (χ4n) is 2.95. The van der Waals surface area contributed by atoms with E-state index >= 15 is 0 Å². The molecule has 2 saturated heterocycles. The summed E-state index contributed by atoms with van der Waals surface area (Å²) in [7, 11) is 0. The highest BCUT2D eigenvalue weighted by Gasteiger charge is 2.46. The van der Waals surface area contributed by atoms with Crippen LogP contribution in [0, 0.1) is 5.92 Å². The van der Waals surface area contributed by atoms with Crippen molar-refractivity contribution in [3.05, 3.63) is 0 Å². The maximum absolute atomic E-state index is 11.6. The molecule has 1 atom stereocenters. The van der Waals surface area contributed by atoms with E-state index < -0.39 is 11.5 Å². The molecule has 0 saturated carbocycles. The summed E-state index contributed by atoms with van der Waals surface area (Å²) in [5.41, 5.74) is -0.646. The Labute approximate surface area is 96.6 Å². The molecule has 0 aliphatic carbocycles. The summed E-state index contributed by atoms with van der Waals surface area (Å²) >= 11 is 0. The van der Waals surface area contributed by atoms with Crippen molar-refractivity contribution in [2.75, 3.05) is 26.3 Å². The summed E-state index contributed by atoms with van der Waals surface area (Å²) in [6, 6.07) is 0. The molecule has 0 radical (unpaired) electrons. The van der Waals surface area contributed by atoms with Crippen LogP contribution in [-0.2, 0) is 9.53 Å². The normalized spacial score (nSPS) is 31.2. The summed E-state index contributed by atoms with van der Waals surface area (Å²) in [5.74, 6) is -0.0438. The second-order valence-corrected chi connectivity index (χ2v) is 5.14. The van der Waals surface area contributed by atoms with Gasteiger partial charge >= 0.3 is 5.97 Å². The van der Waals surface area contributed by atoms with E-state index in [2.05, 4.69) is 11.8 Å². The fourth-order valence-corrected chi connectivity index (χ4v) is 2.95. The summed E-state index contributed by atoms with van der Waals surface area (Å²) < 4.78 is 5.30. The molecule has 1 unspecified atom stereocenters. The number of rotatable bonds is 2. The lowest BCUT2D eigenvalue weighted by Gasteiger charge is -2.46. The molecule has 2 aliphatic rings. The molecule has 2 aliphatic heterocycles. The minimum Gasteiger partial charge on any atom is -0.480 e. The summed E-state index contributed by atoms with van der Waals surface area (Å²) in [4.78, 5) is 13.8. The third kappa shape index (κ3) is 2.09. The van der Waals surface area contributed by atoms with E-state index in [-0.39, 0.29) is 0 Å². The Morgan fingerprint density at radius 1 is 1.44 bits per heavy atom. The number of aliphatic carboxylic acids is 1. The molecule has 4 nitrogen and oxygen atoms in total. The van der Waals surface area contributed by atoms with Crippen molar-refractivity contribution in [2.24, 2.45) is 5.92 Å². The summed E-state index contributed by atoms with van der Waals surface area (Å²) in [6.07, 6.45) is 3.61. The van der Waals surface area contributed by atoms with Crippen LogP contribution in [0.5, 0.6) is 0 Å². The molecular weight excluding hydrogens is 206 g/mol.